The van der Waals surface area contributed by atoms with Gasteiger partial charge in [-0.15, -0.1) is 0 Å². The van der Waals surface area contributed by atoms with E-state index in [0.29, 0.717) is 5.02 Å². The SMILES string of the molecule is CNc1cc(-c2ccc(Cl)cc2)c2nc(Nc3cc(CN4CCOCC4)ccn3)sc2n1. The van der Waals surface area contributed by atoms with Gasteiger partial charge in [-0.1, -0.05) is 35.1 Å². The fourth-order valence-electron chi connectivity index (χ4n) is 3.71. The zero-order valence-corrected chi connectivity index (χ0v) is 19.2. The zero-order chi connectivity index (χ0) is 21.9. The molecule has 0 amide bonds. The highest BCUT2D eigenvalue weighted by Crippen LogP contribution is 2.35. The Morgan fingerprint density at radius 2 is 1.88 bits per heavy atom. The Hall–Kier alpha value is -2.78. The molecule has 7 nitrogen and oxygen atoms in total. The van der Waals surface area contributed by atoms with Gasteiger partial charge >= 0.3 is 0 Å². The second-order valence-electron chi connectivity index (χ2n) is 7.55. The van der Waals surface area contributed by atoms with Crippen molar-refractivity contribution in [3.05, 3.63) is 59.2 Å². The molecule has 1 aliphatic rings. The first-order chi connectivity index (χ1) is 15.7. The standard InChI is InChI=1S/C23H23ClN6OS/c1-25-19-13-18(16-2-4-17(24)5-3-16)21-22(27-19)32-23(29-21)28-20-12-15(6-7-26-20)14-30-8-10-31-11-9-30/h2-7,12-13H,8-11,14H2,1H3,(H,25,27)(H,26,28,29). The molecule has 0 unspecified atom stereocenters. The molecule has 1 aliphatic heterocycles. The first-order valence-electron chi connectivity index (χ1n) is 10.5. The van der Waals surface area contributed by atoms with Crippen molar-refractivity contribution in [2.45, 2.75) is 6.54 Å². The van der Waals surface area contributed by atoms with Crippen molar-refractivity contribution in [1.29, 1.82) is 0 Å². The second kappa shape index (κ2) is 9.38. The van der Waals surface area contributed by atoms with Crippen LogP contribution in [0.5, 0.6) is 0 Å². The van der Waals surface area contributed by atoms with Gasteiger partial charge in [0, 0.05) is 43.5 Å². The van der Waals surface area contributed by atoms with Gasteiger partial charge in [0.25, 0.3) is 0 Å². The predicted octanol–water partition coefficient (Wildman–Crippen LogP) is 5.02. The summed E-state index contributed by atoms with van der Waals surface area (Å²) in [5, 5.41) is 7.97. The summed E-state index contributed by atoms with van der Waals surface area (Å²) in [5.41, 5.74) is 4.11. The third-order valence-electron chi connectivity index (χ3n) is 5.35. The summed E-state index contributed by atoms with van der Waals surface area (Å²) >= 11 is 7.59. The Bertz CT molecular complexity index is 1220. The lowest BCUT2D eigenvalue weighted by molar-refractivity contribution is 0.0342. The third-order valence-corrected chi connectivity index (χ3v) is 6.46. The van der Waals surface area contributed by atoms with Crippen molar-refractivity contribution >= 4 is 50.1 Å². The predicted molar refractivity (Wildman–Crippen MR) is 131 cm³/mol. The molecule has 3 aromatic heterocycles. The Balaban J connectivity index is 1.43. The van der Waals surface area contributed by atoms with E-state index >= 15 is 0 Å². The molecule has 2 N–H and O–H groups in total. The number of anilines is 3. The molecule has 32 heavy (non-hydrogen) atoms. The summed E-state index contributed by atoms with van der Waals surface area (Å²) in [7, 11) is 1.86. The number of thiazole rings is 1. The van der Waals surface area contributed by atoms with E-state index in [9.17, 15) is 0 Å². The fourth-order valence-corrected chi connectivity index (χ4v) is 4.71. The lowest BCUT2D eigenvalue weighted by atomic mass is 10.1. The molecule has 1 aromatic carbocycles. The van der Waals surface area contributed by atoms with Crippen LogP contribution in [0.1, 0.15) is 5.56 Å². The molecule has 0 aliphatic carbocycles. The number of hydrogen-bond donors (Lipinski definition) is 2. The van der Waals surface area contributed by atoms with Gasteiger partial charge in [-0.3, -0.25) is 4.90 Å². The topological polar surface area (TPSA) is 75.2 Å². The monoisotopic (exact) mass is 466 g/mol. The molecular formula is C23H23ClN6OS. The first-order valence-corrected chi connectivity index (χ1v) is 11.6. The molecule has 1 fully saturated rings. The number of halogens is 1. The molecule has 0 radical (unpaired) electrons. The summed E-state index contributed by atoms with van der Waals surface area (Å²) < 4.78 is 5.44. The summed E-state index contributed by atoms with van der Waals surface area (Å²) in [6, 6.07) is 13.9. The maximum Gasteiger partial charge on any atom is 0.190 e. The number of morpholine rings is 1. The Morgan fingerprint density at radius 3 is 2.66 bits per heavy atom. The maximum atomic E-state index is 6.08. The average molecular weight is 467 g/mol. The number of nitrogens with zero attached hydrogens (tertiary/aromatic N) is 4. The molecular weight excluding hydrogens is 444 g/mol. The van der Waals surface area contributed by atoms with E-state index in [2.05, 4.69) is 32.7 Å². The van der Waals surface area contributed by atoms with Crippen LogP contribution >= 0.6 is 22.9 Å². The van der Waals surface area contributed by atoms with E-state index in [1.807, 2.05) is 43.6 Å². The highest BCUT2D eigenvalue weighted by atomic mass is 35.5. The van der Waals surface area contributed by atoms with Crippen molar-refractivity contribution in [2.24, 2.45) is 0 Å². The number of aromatic nitrogens is 3. The minimum atomic E-state index is 0.705. The van der Waals surface area contributed by atoms with E-state index in [0.717, 1.165) is 71.1 Å². The molecule has 4 aromatic rings. The van der Waals surface area contributed by atoms with E-state index in [1.165, 1.54) is 16.9 Å². The number of pyridine rings is 2. The Morgan fingerprint density at radius 1 is 1.06 bits per heavy atom. The minimum absolute atomic E-state index is 0.705. The third kappa shape index (κ3) is 4.68. The smallest absolute Gasteiger partial charge is 0.190 e. The van der Waals surface area contributed by atoms with Crippen molar-refractivity contribution in [3.8, 4) is 11.1 Å². The number of benzene rings is 1. The quantitative estimate of drug-likeness (QED) is 0.413. The van der Waals surface area contributed by atoms with Crippen molar-refractivity contribution < 1.29 is 4.74 Å². The van der Waals surface area contributed by atoms with Gasteiger partial charge in [-0.05, 0) is 41.5 Å². The van der Waals surface area contributed by atoms with Crippen LogP contribution in [0.15, 0.2) is 48.7 Å². The van der Waals surface area contributed by atoms with Crippen molar-refractivity contribution in [2.75, 3.05) is 44.0 Å². The number of ether oxygens (including phenoxy) is 1. The molecule has 0 atom stereocenters. The molecule has 164 valence electrons. The van der Waals surface area contributed by atoms with Gasteiger partial charge in [0.05, 0.1) is 13.2 Å². The van der Waals surface area contributed by atoms with Crippen LogP contribution in [-0.4, -0.2) is 53.2 Å². The van der Waals surface area contributed by atoms with Gasteiger partial charge in [-0.25, -0.2) is 15.0 Å². The van der Waals surface area contributed by atoms with Crippen molar-refractivity contribution in [1.82, 2.24) is 19.9 Å². The van der Waals surface area contributed by atoms with E-state index < -0.39 is 0 Å². The lowest BCUT2D eigenvalue weighted by Gasteiger charge is -2.26. The normalized spacial score (nSPS) is 14.6. The van der Waals surface area contributed by atoms with Gasteiger partial charge in [0.15, 0.2) is 5.13 Å². The highest BCUT2D eigenvalue weighted by molar-refractivity contribution is 7.21. The maximum absolute atomic E-state index is 6.08. The van der Waals surface area contributed by atoms with Crippen LogP contribution in [0.3, 0.4) is 0 Å². The largest absolute Gasteiger partial charge is 0.379 e. The molecule has 1 saturated heterocycles. The number of nitrogens with one attached hydrogen (secondary N) is 2. The molecule has 0 bridgehead atoms. The fraction of sp³-hybridized carbons (Fsp3) is 0.261. The van der Waals surface area contributed by atoms with Gasteiger partial charge in [0.1, 0.15) is 22.0 Å². The lowest BCUT2D eigenvalue weighted by Crippen LogP contribution is -2.35. The Labute approximate surface area is 195 Å². The van der Waals surface area contributed by atoms with Crippen LogP contribution in [0.25, 0.3) is 21.5 Å². The van der Waals surface area contributed by atoms with Crippen molar-refractivity contribution in [3.63, 3.8) is 0 Å². The van der Waals surface area contributed by atoms with Crippen LogP contribution in [-0.2, 0) is 11.3 Å². The van der Waals surface area contributed by atoms with Crippen LogP contribution in [0, 0.1) is 0 Å². The molecule has 9 heteroatoms. The summed E-state index contributed by atoms with van der Waals surface area (Å²) in [5.74, 6) is 1.57. The molecule has 0 saturated carbocycles. The summed E-state index contributed by atoms with van der Waals surface area (Å²) in [6.07, 6.45) is 1.84. The number of hydrogen-bond acceptors (Lipinski definition) is 8. The Kier molecular flexibility index (Phi) is 6.18. The van der Waals surface area contributed by atoms with E-state index in [-0.39, 0.29) is 0 Å². The molecule has 0 spiro atoms. The van der Waals surface area contributed by atoms with Crippen LogP contribution in [0.2, 0.25) is 5.02 Å². The second-order valence-corrected chi connectivity index (χ2v) is 8.96. The zero-order valence-electron chi connectivity index (χ0n) is 17.6. The van der Waals surface area contributed by atoms with E-state index in [1.54, 1.807) is 0 Å². The first kappa shape index (κ1) is 21.1. The van der Waals surface area contributed by atoms with Crippen LogP contribution < -0.4 is 10.6 Å². The highest BCUT2D eigenvalue weighted by Gasteiger charge is 2.15. The molecule has 5 rings (SSSR count). The van der Waals surface area contributed by atoms with E-state index in [4.69, 9.17) is 26.3 Å². The van der Waals surface area contributed by atoms with Crippen LogP contribution in [0.4, 0.5) is 16.8 Å². The van der Waals surface area contributed by atoms with Gasteiger partial charge < -0.3 is 15.4 Å². The summed E-state index contributed by atoms with van der Waals surface area (Å²) in [6.45, 7) is 4.37. The van der Waals surface area contributed by atoms with Gasteiger partial charge in [-0.2, -0.15) is 0 Å². The summed E-state index contributed by atoms with van der Waals surface area (Å²) in [4.78, 5) is 17.3. The number of fused-ring (bicyclic) bond motifs is 1. The van der Waals surface area contributed by atoms with Gasteiger partial charge in [0.2, 0.25) is 0 Å². The minimum Gasteiger partial charge on any atom is -0.379 e. The number of rotatable bonds is 6. The average Bonchev–Trinajstić information content (AvgIpc) is 3.22. The molecule has 4 heterocycles.